The number of hydrogen-bond donors (Lipinski definition) is 1. The van der Waals surface area contributed by atoms with Gasteiger partial charge in [-0.2, -0.15) is 0 Å². The van der Waals surface area contributed by atoms with Crippen LogP contribution in [0.5, 0.6) is 5.88 Å². The lowest BCUT2D eigenvalue weighted by Crippen LogP contribution is -2.30. The number of nitrogens with one attached hydrogen (secondary N) is 1. The molecular weight excluding hydrogens is 214 g/mol. The molecule has 0 aromatic carbocycles. The van der Waals surface area contributed by atoms with Crippen LogP contribution in [0.2, 0.25) is 0 Å². The standard InChI is InChI=1S/C13H23N3O/c1-5-7-17-13-8-12(15-9-16-13)10(3)11(6-2)14-4/h8-11,14H,5-7H2,1-4H3. The SMILES string of the molecule is CCCOc1cc(C(C)C(CC)NC)ncn1. The molecule has 0 aliphatic rings. The second-order valence-corrected chi connectivity index (χ2v) is 4.22. The van der Waals surface area contributed by atoms with E-state index in [9.17, 15) is 0 Å². The first-order valence-corrected chi connectivity index (χ1v) is 6.34. The van der Waals surface area contributed by atoms with Gasteiger partial charge in [-0.05, 0) is 19.9 Å². The predicted molar refractivity (Wildman–Crippen MR) is 69.4 cm³/mol. The van der Waals surface area contributed by atoms with Crippen molar-refractivity contribution in [1.29, 1.82) is 0 Å². The average molecular weight is 237 g/mol. The molecule has 0 saturated carbocycles. The van der Waals surface area contributed by atoms with E-state index in [1.54, 1.807) is 6.33 Å². The number of nitrogens with zero attached hydrogens (tertiary/aromatic N) is 2. The summed E-state index contributed by atoms with van der Waals surface area (Å²) in [5, 5.41) is 3.31. The van der Waals surface area contributed by atoms with Gasteiger partial charge in [-0.3, -0.25) is 0 Å². The quantitative estimate of drug-likeness (QED) is 0.791. The van der Waals surface area contributed by atoms with Gasteiger partial charge >= 0.3 is 0 Å². The van der Waals surface area contributed by atoms with Crippen molar-refractivity contribution >= 4 is 0 Å². The lowest BCUT2D eigenvalue weighted by atomic mass is 9.96. The smallest absolute Gasteiger partial charge is 0.216 e. The van der Waals surface area contributed by atoms with Crippen molar-refractivity contribution < 1.29 is 4.74 Å². The Kier molecular flexibility index (Phi) is 5.91. The third-order valence-corrected chi connectivity index (χ3v) is 3.00. The van der Waals surface area contributed by atoms with Crippen molar-refractivity contribution in [1.82, 2.24) is 15.3 Å². The van der Waals surface area contributed by atoms with E-state index >= 15 is 0 Å². The largest absolute Gasteiger partial charge is 0.478 e. The lowest BCUT2D eigenvalue weighted by molar-refractivity contribution is 0.303. The first-order valence-electron chi connectivity index (χ1n) is 6.34. The molecule has 1 rings (SSSR count). The molecule has 2 unspecified atom stereocenters. The molecule has 4 heteroatoms. The topological polar surface area (TPSA) is 47.0 Å². The Labute approximate surface area is 104 Å². The van der Waals surface area contributed by atoms with Crippen LogP contribution >= 0.6 is 0 Å². The summed E-state index contributed by atoms with van der Waals surface area (Å²) in [5.41, 5.74) is 1.03. The molecule has 17 heavy (non-hydrogen) atoms. The third kappa shape index (κ3) is 3.97. The third-order valence-electron chi connectivity index (χ3n) is 3.00. The second-order valence-electron chi connectivity index (χ2n) is 4.22. The Morgan fingerprint density at radius 1 is 1.35 bits per heavy atom. The highest BCUT2D eigenvalue weighted by Gasteiger charge is 2.17. The maximum Gasteiger partial charge on any atom is 0.216 e. The van der Waals surface area contributed by atoms with Crippen LogP contribution in [0.1, 0.15) is 45.2 Å². The van der Waals surface area contributed by atoms with Crippen molar-refractivity contribution in [3.05, 3.63) is 18.1 Å². The zero-order chi connectivity index (χ0) is 12.7. The van der Waals surface area contributed by atoms with Crippen molar-refractivity contribution in [3.63, 3.8) is 0 Å². The maximum absolute atomic E-state index is 5.52. The minimum Gasteiger partial charge on any atom is -0.478 e. The normalized spacial score (nSPS) is 14.4. The van der Waals surface area contributed by atoms with E-state index in [-0.39, 0.29) is 0 Å². The van der Waals surface area contributed by atoms with E-state index in [2.05, 4.69) is 36.1 Å². The van der Waals surface area contributed by atoms with Gasteiger partial charge in [-0.1, -0.05) is 20.8 Å². The highest BCUT2D eigenvalue weighted by atomic mass is 16.5. The van der Waals surface area contributed by atoms with Gasteiger partial charge in [-0.15, -0.1) is 0 Å². The number of ether oxygens (including phenoxy) is 1. The minimum atomic E-state index is 0.358. The Hall–Kier alpha value is -1.16. The molecule has 1 heterocycles. The van der Waals surface area contributed by atoms with Crippen LogP contribution in [-0.4, -0.2) is 29.7 Å². The molecule has 0 spiro atoms. The van der Waals surface area contributed by atoms with Crippen molar-refractivity contribution in [2.45, 2.75) is 45.6 Å². The van der Waals surface area contributed by atoms with Gasteiger partial charge in [-0.25, -0.2) is 9.97 Å². The maximum atomic E-state index is 5.52. The number of rotatable bonds is 7. The average Bonchev–Trinajstić information content (AvgIpc) is 2.38. The van der Waals surface area contributed by atoms with Crippen LogP contribution < -0.4 is 10.1 Å². The van der Waals surface area contributed by atoms with Crippen LogP contribution in [0.25, 0.3) is 0 Å². The van der Waals surface area contributed by atoms with E-state index in [0.717, 1.165) is 18.5 Å². The first kappa shape index (κ1) is 13.9. The molecule has 0 aliphatic heterocycles. The molecule has 96 valence electrons. The highest BCUT2D eigenvalue weighted by Crippen LogP contribution is 2.21. The summed E-state index contributed by atoms with van der Waals surface area (Å²) in [6.07, 6.45) is 3.65. The van der Waals surface area contributed by atoms with Crippen LogP contribution in [0.3, 0.4) is 0 Å². The van der Waals surface area contributed by atoms with Crippen LogP contribution in [-0.2, 0) is 0 Å². The predicted octanol–water partition coefficient (Wildman–Crippen LogP) is 2.37. The van der Waals surface area contributed by atoms with Crippen molar-refractivity contribution in [2.75, 3.05) is 13.7 Å². The summed E-state index contributed by atoms with van der Waals surface area (Å²) in [4.78, 5) is 8.45. The van der Waals surface area contributed by atoms with E-state index in [0.29, 0.717) is 24.4 Å². The van der Waals surface area contributed by atoms with Gasteiger partial charge in [0, 0.05) is 18.0 Å². The van der Waals surface area contributed by atoms with Crippen molar-refractivity contribution in [2.24, 2.45) is 0 Å². The van der Waals surface area contributed by atoms with Gasteiger partial charge < -0.3 is 10.1 Å². The summed E-state index contributed by atoms with van der Waals surface area (Å²) in [5.74, 6) is 1.03. The molecule has 0 radical (unpaired) electrons. The number of aromatic nitrogens is 2. The Bertz CT molecular complexity index is 326. The zero-order valence-corrected chi connectivity index (χ0v) is 11.2. The summed E-state index contributed by atoms with van der Waals surface area (Å²) >= 11 is 0. The van der Waals surface area contributed by atoms with Gasteiger partial charge in [0.25, 0.3) is 0 Å². The molecule has 1 aromatic rings. The first-order chi connectivity index (χ1) is 8.22. The molecule has 0 saturated heterocycles. The van der Waals surface area contributed by atoms with Gasteiger partial charge in [0.1, 0.15) is 6.33 Å². The van der Waals surface area contributed by atoms with Gasteiger partial charge in [0.2, 0.25) is 5.88 Å². The number of likely N-dealkylation sites (N-methyl/N-ethyl adjacent to an activating group) is 1. The molecule has 1 N–H and O–H groups in total. The zero-order valence-electron chi connectivity index (χ0n) is 11.2. The van der Waals surface area contributed by atoms with Crippen LogP contribution in [0.4, 0.5) is 0 Å². The molecule has 0 fully saturated rings. The summed E-state index contributed by atoms with van der Waals surface area (Å²) in [6, 6.07) is 2.38. The van der Waals surface area contributed by atoms with Crippen molar-refractivity contribution in [3.8, 4) is 5.88 Å². The van der Waals surface area contributed by atoms with Gasteiger partial charge in [0.15, 0.2) is 0 Å². The summed E-state index contributed by atoms with van der Waals surface area (Å²) in [6.45, 7) is 7.14. The molecule has 0 bridgehead atoms. The summed E-state index contributed by atoms with van der Waals surface area (Å²) in [7, 11) is 1.99. The molecule has 1 aromatic heterocycles. The lowest BCUT2D eigenvalue weighted by Gasteiger charge is -2.21. The van der Waals surface area contributed by atoms with Crippen LogP contribution in [0.15, 0.2) is 12.4 Å². The molecule has 4 nitrogen and oxygen atoms in total. The molecule has 2 atom stereocenters. The highest BCUT2D eigenvalue weighted by molar-refractivity contribution is 5.18. The van der Waals surface area contributed by atoms with Gasteiger partial charge in [0.05, 0.1) is 12.3 Å². The Morgan fingerprint density at radius 3 is 2.71 bits per heavy atom. The molecule has 0 amide bonds. The molecule has 0 aliphatic carbocycles. The van der Waals surface area contributed by atoms with E-state index in [4.69, 9.17) is 4.74 Å². The fourth-order valence-corrected chi connectivity index (χ4v) is 1.90. The monoisotopic (exact) mass is 237 g/mol. The van der Waals surface area contributed by atoms with Crippen LogP contribution in [0, 0.1) is 0 Å². The minimum absolute atomic E-state index is 0.358. The van der Waals surface area contributed by atoms with E-state index in [1.807, 2.05) is 13.1 Å². The number of hydrogen-bond acceptors (Lipinski definition) is 4. The Morgan fingerprint density at radius 2 is 2.12 bits per heavy atom. The fraction of sp³-hybridized carbons (Fsp3) is 0.692. The Balaban J connectivity index is 2.75. The van der Waals surface area contributed by atoms with E-state index in [1.165, 1.54) is 0 Å². The molecular formula is C13H23N3O. The van der Waals surface area contributed by atoms with E-state index < -0.39 is 0 Å². The second kappa shape index (κ2) is 7.22. The fourth-order valence-electron chi connectivity index (χ4n) is 1.90. The summed E-state index contributed by atoms with van der Waals surface area (Å²) < 4.78 is 5.52.